The number of hydrogen-bond acceptors (Lipinski definition) is 4. The lowest BCUT2D eigenvalue weighted by atomic mass is 9.93. The Morgan fingerprint density at radius 3 is 2.62 bits per heavy atom. The van der Waals surface area contributed by atoms with Gasteiger partial charge in [-0.3, -0.25) is 9.59 Å². The summed E-state index contributed by atoms with van der Waals surface area (Å²) in [5.74, 6) is 1.05. The van der Waals surface area contributed by atoms with Crippen molar-refractivity contribution in [3.63, 3.8) is 0 Å². The van der Waals surface area contributed by atoms with Gasteiger partial charge in [0.25, 0.3) is 0 Å². The molecule has 2 atom stereocenters. The smallest absolute Gasteiger partial charge is 0.344 e. The molecule has 0 saturated carbocycles. The summed E-state index contributed by atoms with van der Waals surface area (Å²) in [7, 11) is 0. The Morgan fingerprint density at radius 2 is 2.08 bits per heavy atom. The minimum Gasteiger partial charge on any atom is -0.464 e. The molecule has 1 saturated heterocycles. The topological polar surface area (TPSA) is 75.7 Å². The summed E-state index contributed by atoms with van der Waals surface area (Å²) in [6, 6.07) is 8.57. The van der Waals surface area contributed by atoms with E-state index in [2.05, 4.69) is 11.2 Å². The third-order valence-corrected chi connectivity index (χ3v) is 3.97. The van der Waals surface area contributed by atoms with Crippen LogP contribution in [0.1, 0.15) is 19.4 Å². The summed E-state index contributed by atoms with van der Waals surface area (Å²) in [5, 5.41) is 2.66. The molecular formula is C18H20N2O4. The number of esters is 1. The molecule has 2 amide bonds. The molecule has 1 aromatic carbocycles. The van der Waals surface area contributed by atoms with Crippen LogP contribution < -0.4 is 5.32 Å². The number of β-lactam (4-membered cyclic amide) rings is 1. The molecule has 1 aromatic rings. The lowest BCUT2D eigenvalue weighted by Crippen LogP contribution is -2.71. The van der Waals surface area contributed by atoms with Gasteiger partial charge in [0, 0.05) is 0 Å². The van der Waals surface area contributed by atoms with Gasteiger partial charge in [-0.15, -0.1) is 6.42 Å². The van der Waals surface area contributed by atoms with E-state index in [1.165, 1.54) is 11.8 Å². The maximum Gasteiger partial charge on any atom is 0.344 e. The second-order valence-corrected chi connectivity index (χ2v) is 5.67. The fourth-order valence-corrected chi connectivity index (χ4v) is 2.48. The number of terminal acetylenes is 1. The van der Waals surface area contributed by atoms with E-state index >= 15 is 0 Å². The van der Waals surface area contributed by atoms with Gasteiger partial charge >= 0.3 is 5.97 Å². The lowest BCUT2D eigenvalue weighted by Gasteiger charge is -2.45. The number of rotatable bonds is 6. The van der Waals surface area contributed by atoms with Gasteiger partial charge in [-0.1, -0.05) is 36.3 Å². The van der Waals surface area contributed by atoms with E-state index in [0.717, 1.165) is 5.56 Å². The summed E-state index contributed by atoms with van der Waals surface area (Å²) in [5.41, 5.74) is -0.591. The number of benzene rings is 1. The van der Waals surface area contributed by atoms with E-state index in [1.54, 1.807) is 6.92 Å². The fraction of sp³-hybridized carbons (Fsp3) is 0.389. The highest BCUT2D eigenvalue weighted by Crippen LogP contribution is 2.24. The van der Waals surface area contributed by atoms with Crippen LogP contribution in [0.4, 0.5) is 0 Å². The number of ether oxygens (including phenoxy) is 1. The maximum atomic E-state index is 12.3. The quantitative estimate of drug-likeness (QED) is 0.469. The van der Waals surface area contributed by atoms with Gasteiger partial charge in [-0.05, 0) is 19.4 Å². The van der Waals surface area contributed by atoms with E-state index in [1.807, 2.05) is 30.3 Å². The average molecular weight is 328 g/mol. The van der Waals surface area contributed by atoms with E-state index in [0.29, 0.717) is 0 Å². The first-order valence-corrected chi connectivity index (χ1v) is 7.72. The van der Waals surface area contributed by atoms with E-state index in [4.69, 9.17) is 11.2 Å². The van der Waals surface area contributed by atoms with Crippen LogP contribution in [0.15, 0.2) is 30.3 Å². The van der Waals surface area contributed by atoms with Crippen LogP contribution in [0.2, 0.25) is 0 Å². The highest BCUT2D eigenvalue weighted by molar-refractivity contribution is 5.98. The largest absolute Gasteiger partial charge is 0.464 e. The molecular weight excluding hydrogens is 308 g/mol. The number of hydrogen-bond donors (Lipinski definition) is 1. The fourth-order valence-electron chi connectivity index (χ4n) is 2.48. The van der Waals surface area contributed by atoms with Crippen molar-refractivity contribution in [1.29, 1.82) is 0 Å². The molecule has 2 rings (SSSR count). The molecule has 0 aliphatic carbocycles. The number of nitrogens with zero attached hydrogens (tertiary/aromatic N) is 1. The zero-order chi connectivity index (χ0) is 17.7. The van der Waals surface area contributed by atoms with E-state index < -0.39 is 17.6 Å². The molecule has 1 aliphatic heterocycles. The Kier molecular flexibility index (Phi) is 5.24. The van der Waals surface area contributed by atoms with Crippen LogP contribution in [0, 0.1) is 12.3 Å². The predicted octanol–water partition coefficient (Wildman–Crippen LogP) is 0.511. The molecule has 1 fully saturated rings. The van der Waals surface area contributed by atoms with E-state index in [-0.39, 0.29) is 31.4 Å². The number of likely N-dealkylation sites (tertiary alicyclic amines) is 1. The summed E-state index contributed by atoms with van der Waals surface area (Å²) in [4.78, 5) is 37.5. The summed E-state index contributed by atoms with van der Waals surface area (Å²) in [6.07, 6.45) is 5.62. The first-order chi connectivity index (χ1) is 11.4. The standard InChI is InChI=1S/C18H20N2O4/c1-4-18(3,17(23)24-5-2)20-12-14(16(20)22)19-15(21)11-13-9-7-6-8-10-13/h1,6-10,14H,5,11-12H2,2-3H3,(H,19,21). The van der Waals surface area contributed by atoms with Crippen molar-refractivity contribution in [2.24, 2.45) is 0 Å². The molecule has 0 aromatic heterocycles. The molecule has 6 nitrogen and oxygen atoms in total. The maximum absolute atomic E-state index is 12.3. The summed E-state index contributed by atoms with van der Waals surface area (Å²) in [6.45, 7) is 3.48. The van der Waals surface area contributed by atoms with Gasteiger partial charge in [0.15, 0.2) is 5.54 Å². The van der Waals surface area contributed by atoms with E-state index in [9.17, 15) is 14.4 Å². The minimum atomic E-state index is -1.45. The third-order valence-electron chi connectivity index (χ3n) is 3.97. The van der Waals surface area contributed by atoms with Crippen LogP contribution in [0.25, 0.3) is 0 Å². The average Bonchev–Trinajstić information content (AvgIpc) is 2.58. The van der Waals surface area contributed by atoms with Crippen LogP contribution in [0.5, 0.6) is 0 Å². The second-order valence-electron chi connectivity index (χ2n) is 5.67. The van der Waals surface area contributed by atoms with Crippen LogP contribution in [-0.2, 0) is 25.5 Å². The zero-order valence-electron chi connectivity index (χ0n) is 13.7. The van der Waals surface area contributed by atoms with Gasteiger partial charge < -0.3 is 15.0 Å². The molecule has 0 radical (unpaired) electrons. The monoisotopic (exact) mass is 328 g/mol. The van der Waals surface area contributed by atoms with Crippen molar-refractivity contribution >= 4 is 17.8 Å². The normalized spacial score (nSPS) is 18.8. The van der Waals surface area contributed by atoms with Crippen LogP contribution in [0.3, 0.4) is 0 Å². The van der Waals surface area contributed by atoms with Crippen LogP contribution >= 0.6 is 0 Å². The van der Waals surface area contributed by atoms with Gasteiger partial charge in [0.2, 0.25) is 11.8 Å². The SMILES string of the molecule is C#CC(C)(C(=O)OCC)N1CC(NC(=O)Cc2ccccc2)C1=O. The van der Waals surface area contributed by atoms with Crippen molar-refractivity contribution in [1.82, 2.24) is 10.2 Å². The Labute approximate surface area is 141 Å². The van der Waals surface area contributed by atoms with Gasteiger partial charge in [-0.2, -0.15) is 0 Å². The number of carbonyl (C=O) groups is 3. The number of carbonyl (C=O) groups excluding carboxylic acids is 3. The lowest BCUT2D eigenvalue weighted by molar-refractivity contribution is -0.167. The Balaban J connectivity index is 1.94. The molecule has 0 spiro atoms. The second kappa shape index (κ2) is 7.18. The first-order valence-electron chi connectivity index (χ1n) is 7.72. The number of amides is 2. The van der Waals surface area contributed by atoms with Gasteiger partial charge in [0.1, 0.15) is 6.04 Å². The van der Waals surface area contributed by atoms with Crippen molar-refractivity contribution in [3.8, 4) is 12.3 Å². The molecule has 0 bridgehead atoms. The Bertz CT molecular complexity index is 680. The summed E-state index contributed by atoms with van der Waals surface area (Å²) >= 11 is 0. The van der Waals surface area contributed by atoms with Crippen molar-refractivity contribution < 1.29 is 19.1 Å². The minimum absolute atomic E-state index is 0.176. The molecule has 6 heteroatoms. The number of nitrogens with one attached hydrogen (secondary N) is 1. The van der Waals surface area contributed by atoms with Crippen molar-refractivity contribution in [2.75, 3.05) is 13.2 Å². The molecule has 1 N–H and O–H groups in total. The molecule has 1 aliphatic rings. The van der Waals surface area contributed by atoms with Crippen LogP contribution in [-0.4, -0.2) is 47.4 Å². The van der Waals surface area contributed by atoms with Crippen molar-refractivity contribution in [3.05, 3.63) is 35.9 Å². The molecule has 2 unspecified atom stereocenters. The molecule has 24 heavy (non-hydrogen) atoms. The van der Waals surface area contributed by atoms with Gasteiger partial charge in [-0.25, -0.2) is 4.79 Å². The van der Waals surface area contributed by atoms with Crippen molar-refractivity contribution in [2.45, 2.75) is 31.8 Å². The highest BCUT2D eigenvalue weighted by atomic mass is 16.5. The zero-order valence-corrected chi connectivity index (χ0v) is 13.7. The Hall–Kier alpha value is -2.81. The molecule has 1 heterocycles. The predicted molar refractivity (Wildman–Crippen MR) is 87.7 cm³/mol. The first kappa shape index (κ1) is 17.5. The summed E-state index contributed by atoms with van der Waals surface area (Å²) < 4.78 is 4.94. The third kappa shape index (κ3) is 3.40. The van der Waals surface area contributed by atoms with Gasteiger partial charge in [0.05, 0.1) is 19.6 Å². The highest BCUT2D eigenvalue weighted by Gasteiger charge is 2.51. The molecule has 126 valence electrons. The Morgan fingerprint density at radius 1 is 1.42 bits per heavy atom.